The summed E-state index contributed by atoms with van der Waals surface area (Å²) in [7, 11) is -3.66. The lowest BCUT2D eigenvalue weighted by molar-refractivity contribution is 0.0698. The quantitative estimate of drug-likeness (QED) is 0.341. The molecule has 0 aromatic heterocycles. The van der Waals surface area contributed by atoms with E-state index < -0.39 is 10.0 Å². The number of likely N-dealkylation sites (tertiary alicyclic amines) is 1. The molecule has 0 unspecified atom stereocenters. The first-order valence-electron chi connectivity index (χ1n) is 12.6. The lowest BCUT2D eigenvalue weighted by Crippen LogP contribution is -2.50. The van der Waals surface area contributed by atoms with E-state index in [0.29, 0.717) is 35.4 Å². The number of rotatable bonds is 4. The molecule has 3 aromatic carbocycles. The van der Waals surface area contributed by atoms with Crippen molar-refractivity contribution in [1.29, 1.82) is 5.41 Å². The fraction of sp³-hybridized carbons (Fsp3) is 0.357. The van der Waals surface area contributed by atoms with Gasteiger partial charge in [-0.05, 0) is 78.4 Å². The molecule has 1 amide bonds. The third kappa shape index (κ3) is 5.83. The molecule has 2 saturated heterocycles. The normalized spacial score (nSPS) is 17.3. The van der Waals surface area contributed by atoms with Crippen molar-refractivity contribution in [2.24, 2.45) is 0 Å². The largest absolute Gasteiger partial charge is 0.361 e. The summed E-state index contributed by atoms with van der Waals surface area (Å²) >= 11 is 6.04. The third-order valence-corrected chi connectivity index (χ3v) is 9.67. The first kappa shape index (κ1) is 28.4. The van der Waals surface area contributed by atoms with Gasteiger partial charge >= 0.3 is 0 Å². The van der Waals surface area contributed by atoms with E-state index in [-0.39, 0.29) is 36.3 Å². The Kier molecular flexibility index (Phi) is 8.67. The van der Waals surface area contributed by atoms with E-state index in [0.717, 1.165) is 36.7 Å². The number of hydrogen-bond donors (Lipinski definition) is 1. The topological polar surface area (TPSA) is 84.8 Å². The highest BCUT2D eigenvalue weighted by Gasteiger charge is 2.31. The average molecular weight is 576 g/mol. The number of halogens is 2. The minimum atomic E-state index is -3.66. The maximum Gasteiger partial charge on any atom is 0.253 e. The van der Waals surface area contributed by atoms with E-state index in [1.54, 1.807) is 29.2 Å². The molecule has 2 heterocycles. The van der Waals surface area contributed by atoms with Crippen LogP contribution in [0.5, 0.6) is 0 Å². The maximum absolute atomic E-state index is 13.3. The number of benzene rings is 3. The number of hydrogen-bond acceptors (Lipinski definition) is 4. The fourth-order valence-electron chi connectivity index (χ4n) is 5.26. The number of nitrogens with one attached hydrogen (secondary N) is 1. The highest BCUT2D eigenvalue weighted by atomic mass is 35.5. The van der Waals surface area contributed by atoms with Gasteiger partial charge in [0.1, 0.15) is 0 Å². The Balaban J connectivity index is 0.00000336. The molecule has 0 spiro atoms. The van der Waals surface area contributed by atoms with Crippen LogP contribution in [0, 0.1) is 5.41 Å². The number of fused-ring (bicyclic) bond motifs is 1. The van der Waals surface area contributed by atoms with Gasteiger partial charge in [0.2, 0.25) is 10.0 Å². The molecular weight excluding hydrogens is 543 g/mol. The first-order valence-corrected chi connectivity index (χ1v) is 14.4. The van der Waals surface area contributed by atoms with Gasteiger partial charge in [0.05, 0.1) is 10.7 Å². The van der Waals surface area contributed by atoms with E-state index in [4.69, 9.17) is 17.0 Å². The standard InChI is InChI=1S/C28H31ClN4O3S.ClH/c1-20(30)31-12-10-22(11-13-31)21-2-4-23(5-3-21)28(34)32-14-16-33(17-15-32)37(35,36)27-9-7-24-18-26(29)8-6-25(24)19-27;/h2-9,18-19,22,30H,10-17H2,1H3;1H. The molecule has 0 aliphatic carbocycles. The second kappa shape index (κ2) is 11.6. The number of piperazine rings is 1. The van der Waals surface area contributed by atoms with E-state index in [1.807, 2.05) is 43.3 Å². The summed E-state index contributed by atoms with van der Waals surface area (Å²) in [5, 5.41) is 10.1. The Hall–Kier alpha value is -2.65. The zero-order chi connectivity index (χ0) is 26.2. The lowest BCUT2D eigenvalue weighted by Gasteiger charge is -2.34. The molecule has 202 valence electrons. The van der Waals surface area contributed by atoms with Gasteiger partial charge in [0.15, 0.2) is 0 Å². The molecule has 0 bridgehead atoms. The summed E-state index contributed by atoms with van der Waals surface area (Å²) in [6, 6.07) is 18.3. The molecule has 2 fully saturated rings. The molecule has 0 atom stereocenters. The molecule has 3 aromatic rings. The Morgan fingerprint density at radius 3 is 2.08 bits per heavy atom. The van der Waals surface area contributed by atoms with Gasteiger partial charge in [-0.25, -0.2) is 8.42 Å². The molecule has 1 N–H and O–H groups in total. The van der Waals surface area contributed by atoms with Crippen LogP contribution < -0.4 is 0 Å². The predicted octanol–water partition coefficient (Wildman–Crippen LogP) is 5.24. The maximum atomic E-state index is 13.3. The number of sulfonamides is 1. The van der Waals surface area contributed by atoms with Crippen LogP contribution in [0.4, 0.5) is 0 Å². The van der Waals surface area contributed by atoms with Crippen molar-refractivity contribution in [3.63, 3.8) is 0 Å². The number of piperidine rings is 1. The van der Waals surface area contributed by atoms with Crippen molar-refractivity contribution in [3.05, 3.63) is 76.8 Å². The monoisotopic (exact) mass is 574 g/mol. The van der Waals surface area contributed by atoms with Crippen LogP contribution in [-0.4, -0.2) is 73.5 Å². The van der Waals surface area contributed by atoms with Gasteiger partial charge < -0.3 is 9.80 Å². The van der Waals surface area contributed by atoms with E-state index in [1.165, 1.54) is 9.87 Å². The van der Waals surface area contributed by atoms with Crippen LogP contribution in [-0.2, 0) is 10.0 Å². The summed E-state index contributed by atoms with van der Waals surface area (Å²) in [6.45, 7) is 4.83. The van der Waals surface area contributed by atoms with Crippen LogP contribution in [0.15, 0.2) is 65.6 Å². The Labute approximate surface area is 235 Å². The highest BCUT2D eigenvalue weighted by Crippen LogP contribution is 2.29. The van der Waals surface area contributed by atoms with Crippen molar-refractivity contribution in [2.45, 2.75) is 30.6 Å². The number of nitrogens with zero attached hydrogens (tertiary/aromatic N) is 3. The predicted molar refractivity (Wildman–Crippen MR) is 154 cm³/mol. The molecule has 0 radical (unpaired) electrons. The molecule has 7 nitrogen and oxygen atoms in total. The Morgan fingerprint density at radius 1 is 0.842 bits per heavy atom. The average Bonchev–Trinajstić information content (AvgIpc) is 2.92. The van der Waals surface area contributed by atoms with Crippen LogP contribution >= 0.6 is 24.0 Å². The Bertz CT molecular complexity index is 1430. The van der Waals surface area contributed by atoms with Crippen LogP contribution in [0.25, 0.3) is 10.8 Å². The molecule has 2 aliphatic rings. The second-order valence-corrected chi connectivity index (χ2v) is 12.2. The number of amides is 1. The number of amidine groups is 1. The van der Waals surface area contributed by atoms with Gasteiger partial charge in [-0.3, -0.25) is 10.2 Å². The zero-order valence-corrected chi connectivity index (χ0v) is 23.7. The molecule has 0 saturated carbocycles. The van der Waals surface area contributed by atoms with Crippen LogP contribution in [0.3, 0.4) is 0 Å². The van der Waals surface area contributed by atoms with Gasteiger partial charge in [0.25, 0.3) is 5.91 Å². The highest BCUT2D eigenvalue weighted by molar-refractivity contribution is 7.89. The van der Waals surface area contributed by atoms with Crippen molar-refractivity contribution >= 4 is 56.5 Å². The van der Waals surface area contributed by atoms with Crippen molar-refractivity contribution < 1.29 is 13.2 Å². The fourth-order valence-corrected chi connectivity index (χ4v) is 6.90. The van der Waals surface area contributed by atoms with Gasteiger partial charge in [-0.1, -0.05) is 35.9 Å². The summed E-state index contributed by atoms with van der Waals surface area (Å²) in [5.41, 5.74) is 1.86. The number of carbonyl (C=O) groups is 1. The SMILES string of the molecule is CC(=N)N1CCC(c2ccc(C(=O)N3CCN(S(=O)(=O)c4ccc5cc(Cl)ccc5c4)CC3)cc2)CC1.Cl. The molecule has 5 rings (SSSR count). The third-order valence-electron chi connectivity index (χ3n) is 7.54. The van der Waals surface area contributed by atoms with Gasteiger partial charge in [0, 0.05) is 49.9 Å². The summed E-state index contributed by atoms with van der Waals surface area (Å²) in [5.74, 6) is 0.996. The van der Waals surface area contributed by atoms with E-state index in [9.17, 15) is 13.2 Å². The molecular formula is C28H32Cl2N4O3S. The summed E-state index contributed by atoms with van der Waals surface area (Å²) in [6.07, 6.45) is 2.01. The number of carbonyl (C=O) groups excluding carboxylic acids is 1. The Morgan fingerprint density at radius 2 is 1.45 bits per heavy atom. The second-order valence-electron chi connectivity index (χ2n) is 9.82. The smallest absolute Gasteiger partial charge is 0.253 e. The van der Waals surface area contributed by atoms with Crippen molar-refractivity contribution in [2.75, 3.05) is 39.3 Å². The minimum Gasteiger partial charge on any atom is -0.361 e. The van der Waals surface area contributed by atoms with Crippen molar-refractivity contribution in [1.82, 2.24) is 14.1 Å². The van der Waals surface area contributed by atoms with Gasteiger partial charge in [-0.2, -0.15) is 4.31 Å². The summed E-state index contributed by atoms with van der Waals surface area (Å²) in [4.78, 5) is 17.2. The van der Waals surface area contributed by atoms with Crippen LogP contribution in [0.2, 0.25) is 5.02 Å². The van der Waals surface area contributed by atoms with Crippen LogP contribution in [0.1, 0.15) is 41.6 Å². The first-order chi connectivity index (χ1) is 17.7. The summed E-state index contributed by atoms with van der Waals surface area (Å²) < 4.78 is 28.0. The minimum absolute atomic E-state index is 0. The molecule has 38 heavy (non-hydrogen) atoms. The van der Waals surface area contributed by atoms with E-state index >= 15 is 0 Å². The van der Waals surface area contributed by atoms with Gasteiger partial charge in [-0.15, -0.1) is 12.4 Å². The van der Waals surface area contributed by atoms with E-state index in [2.05, 4.69) is 4.90 Å². The molecule has 2 aliphatic heterocycles. The lowest BCUT2D eigenvalue weighted by atomic mass is 9.89. The van der Waals surface area contributed by atoms with Crippen molar-refractivity contribution in [3.8, 4) is 0 Å². The molecule has 10 heteroatoms. The zero-order valence-electron chi connectivity index (χ0n) is 21.3.